The Morgan fingerprint density at radius 3 is 2.20 bits per heavy atom. The maximum Gasteiger partial charge on any atom is 0.220 e. The van der Waals surface area contributed by atoms with Gasteiger partial charge in [0.2, 0.25) is 5.91 Å². The second-order valence-corrected chi connectivity index (χ2v) is 6.51. The van der Waals surface area contributed by atoms with Gasteiger partial charge in [0.15, 0.2) is 0 Å². The average molecular weight is 331 g/mol. The number of nitrogens with one attached hydrogen (secondary N) is 1. The fourth-order valence-electron chi connectivity index (χ4n) is 1.79. The van der Waals surface area contributed by atoms with Crippen LogP contribution in [0.4, 0.5) is 0 Å². The van der Waals surface area contributed by atoms with Crippen LogP contribution in [0.25, 0.3) is 0 Å². The molecule has 20 heavy (non-hydrogen) atoms. The summed E-state index contributed by atoms with van der Waals surface area (Å²) >= 11 is 3.33. The van der Waals surface area contributed by atoms with Crippen LogP contribution in [0.1, 0.15) is 35.6 Å². The molecule has 1 amide bonds. The van der Waals surface area contributed by atoms with Gasteiger partial charge in [0.25, 0.3) is 0 Å². The van der Waals surface area contributed by atoms with Gasteiger partial charge in [-0.25, -0.2) is 0 Å². The van der Waals surface area contributed by atoms with Gasteiger partial charge in [-0.15, -0.1) is 35.1 Å². The second kappa shape index (κ2) is 8.42. The van der Waals surface area contributed by atoms with E-state index in [1.807, 2.05) is 29.8 Å². The smallest absolute Gasteiger partial charge is 0.220 e. The first-order valence-electron chi connectivity index (χ1n) is 6.28. The lowest BCUT2D eigenvalue weighted by molar-refractivity contribution is -0.121. The number of thiophene rings is 2. The van der Waals surface area contributed by atoms with Crippen LogP contribution in [0.2, 0.25) is 0 Å². The van der Waals surface area contributed by atoms with Gasteiger partial charge in [0.05, 0.1) is 6.04 Å². The number of rotatable bonds is 6. The molecule has 0 fully saturated rings. The molecule has 0 aromatic carbocycles. The van der Waals surface area contributed by atoms with Crippen LogP contribution in [0, 0.1) is 0 Å². The number of hydrogen-bond acceptors (Lipinski definition) is 4. The van der Waals surface area contributed by atoms with E-state index in [0.29, 0.717) is 12.8 Å². The molecule has 0 aliphatic rings. The van der Waals surface area contributed by atoms with Crippen molar-refractivity contribution in [1.29, 1.82) is 0 Å². The van der Waals surface area contributed by atoms with E-state index in [4.69, 9.17) is 5.73 Å². The first-order chi connectivity index (χ1) is 9.16. The zero-order valence-corrected chi connectivity index (χ0v) is 13.7. The zero-order valence-electron chi connectivity index (χ0n) is 11.2. The molecule has 2 heterocycles. The normalized spacial score (nSPS) is 11.9. The largest absolute Gasteiger partial charge is 0.344 e. The van der Waals surface area contributed by atoms with Crippen LogP contribution < -0.4 is 11.1 Å². The Bertz CT molecular complexity index is 463. The first-order valence-corrected chi connectivity index (χ1v) is 8.04. The minimum Gasteiger partial charge on any atom is -0.344 e. The Balaban J connectivity index is 0.00000200. The third kappa shape index (κ3) is 4.90. The highest BCUT2D eigenvalue weighted by molar-refractivity contribution is 7.11. The van der Waals surface area contributed by atoms with Crippen molar-refractivity contribution >= 4 is 41.0 Å². The molecule has 0 spiro atoms. The highest BCUT2D eigenvalue weighted by Gasteiger charge is 2.18. The molecule has 0 saturated heterocycles. The van der Waals surface area contributed by atoms with E-state index in [-0.39, 0.29) is 30.4 Å². The molecule has 0 radical (unpaired) electrons. The monoisotopic (exact) mass is 330 g/mol. The van der Waals surface area contributed by atoms with Gasteiger partial charge in [-0.05, 0) is 36.2 Å². The van der Waals surface area contributed by atoms with Crippen molar-refractivity contribution in [3.63, 3.8) is 0 Å². The SMILES string of the molecule is CC(N)CCC(=O)NC(c1cccs1)c1cccs1.Cl. The first kappa shape index (κ1) is 17.2. The van der Waals surface area contributed by atoms with Crippen molar-refractivity contribution in [1.82, 2.24) is 5.32 Å². The summed E-state index contributed by atoms with van der Waals surface area (Å²) in [6.45, 7) is 1.92. The summed E-state index contributed by atoms with van der Waals surface area (Å²) in [7, 11) is 0. The maximum atomic E-state index is 12.0. The Morgan fingerprint density at radius 1 is 1.25 bits per heavy atom. The minimum absolute atomic E-state index is 0. The Morgan fingerprint density at radius 2 is 1.80 bits per heavy atom. The van der Waals surface area contributed by atoms with Gasteiger partial charge in [0, 0.05) is 22.2 Å². The maximum absolute atomic E-state index is 12.0. The summed E-state index contributed by atoms with van der Waals surface area (Å²) < 4.78 is 0. The number of carbonyl (C=O) groups is 1. The number of amides is 1. The summed E-state index contributed by atoms with van der Waals surface area (Å²) in [6, 6.07) is 8.17. The average Bonchev–Trinajstić information content (AvgIpc) is 3.05. The van der Waals surface area contributed by atoms with Crippen molar-refractivity contribution in [3.05, 3.63) is 44.8 Å². The summed E-state index contributed by atoms with van der Waals surface area (Å²) in [6.07, 6.45) is 1.19. The highest BCUT2D eigenvalue weighted by atomic mass is 35.5. The van der Waals surface area contributed by atoms with E-state index in [0.717, 1.165) is 9.75 Å². The molecule has 0 saturated carbocycles. The molecule has 3 nitrogen and oxygen atoms in total. The summed E-state index contributed by atoms with van der Waals surface area (Å²) in [5, 5.41) is 7.17. The van der Waals surface area contributed by atoms with E-state index in [2.05, 4.69) is 17.4 Å². The number of halogens is 1. The molecule has 110 valence electrons. The third-order valence-electron chi connectivity index (χ3n) is 2.79. The quantitative estimate of drug-likeness (QED) is 0.850. The molecule has 3 N–H and O–H groups in total. The van der Waals surface area contributed by atoms with E-state index in [9.17, 15) is 4.79 Å². The van der Waals surface area contributed by atoms with Crippen LogP contribution in [0.3, 0.4) is 0 Å². The minimum atomic E-state index is -0.0272. The fraction of sp³-hybridized carbons (Fsp3) is 0.357. The number of hydrogen-bond donors (Lipinski definition) is 2. The molecular weight excluding hydrogens is 312 g/mol. The number of nitrogens with two attached hydrogens (primary N) is 1. The molecule has 1 atom stereocenters. The standard InChI is InChI=1S/C14H18N2OS2.ClH/c1-10(15)6-7-13(17)16-14(11-4-2-8-18-11)12-5-3-9-19-12;/h2-5,8-10,14H,6-7,15H2,1H3,(H,16,17);1H. The predicted molar refractivity (Wildman–Crippen MR) is 88.8 cm³/mol. The van der Waals surface area contributed by atoms with Crippen LogP contribution in [-0.2, 0) is 4.79 Å². The summed E-state index contributed by atoms with van der Waals surface area (Å²) in [4.78, 5) is 14.3. The summed E-state index contributed by atoms with van der Waals surface area (Å²) in [5.74, 6) is 0.0594. The van der Waals surface area contributed by atoms with E-state index < -0.39 is 0 Å². The van der Waals surface area contributed by atoms with Crippen LogP contribution >= 0.6 is 35.1 Å². The zero-order chi connectivity index (χ0) is 13.7. The topological polar surface area (TPSA) is 55.1 Å². The molecule has 1 unspecified atom stereocenters. The van der Waals surface area contributed by atoms with Crippen molar-refractivity contribution in [3.8, 4) is 0 Å². The Hall–Kier alpha value is -0.880. The molecule has 2 aromatic heterocycles. The van der Waals surface area contributed by atoms with E-state index in [1.165, 1.54) is 0 Å². The van der Waals surface area contributed by atoms with Crippen molar-refractivity contribution in [2.75, 3.05) is 0 Å². The Kier molecular flexibility index (Phi) is 7.23. The van der Waals surface area contributed by atoms with Crippen LogP contribution in [0.15, 0.2) is 35.0 Å². The van der Waals surface area contributed by atoms with Crippen LogP contribution in [-0.4, -0.2) is 11.9 Å². The van der Waals surface area contributed by atoms with Gasteiger partial charge < -0.3 is 11.1 Å². The number of carbonyl (C=O) groups excluding carboxylic acids is 1. The van der Waals surface area contributed by atoms with E-state index >= 15 is 0 Å². The molecule has 2 aromatic rings. The van der Waals surface area contributed by atoms with E-state index in [1.54, 1.807) is 22.7 Å². The lowest BCUT2D eigenvalue weighted by atomic mass is 10.1. The van der Waals surface area contributed by atoms with Crippen molar-refractivity contribution in [2.45, 2.75) is 31.8 Å². The molecule has 0 bridgehead atoms. The fourth-order valence-corrected chi connectivity index (χ4v) is 3.45. The molecule has 2 rings (SSSR count). The van der Waals surface area contributed by atoms with Gasteiger partial charge >= 0.3 is 0 Å². The third-order valence-corrected chi connectivity index (χ3v) is 4.66. The van der Waals surface area contributed by atoms with Crippen LogP contribution in [0.5, 0.6) is 0 Å². The lowest BCUT2D eigenvalue weighted by Gasteiger charge is -2.16. The lowest BCUT2D eigenvalue weighted by Crippen LogP contribution is -2.29. The molecule has 0 aliphatic heterocycles. The molecule has 0 aliphatic carbocycles. The van der Waals surface area contributed by atoms with Gasteiger partial charge in [-0.1, -0.05) is 12.1 Å². The van der Waals surface area contributed by atoms with Gasteiger partial charge in [0.1, 0.15) is 0 Å². The summed E-state index contributed by atoms with van der Waals surface area (Å²) in [5.41, 5.74) is 5.68. The second-order valence-electron chi connectivity index (χ2n) is 4.55. The van der Waals surface area contributed by atoms with Gasteiger partial charge in [-0.3, -0.25) is 4.79 Å². The highest BCUT2D eigenvalue weighted by Crippen LogP contribution is 2.29. The van der Waals surface area contributed by atoms with Crippen molar-refractivity contribution in [2.24, 2.45) is 5.73 Å². The molecular formula is C14H19ClN2OS2. The Labute approximate surface area is 133 Å². The van der Waals surface area contributed by atoms with Gasteiger partial charge in [-0.2, -0.15) is 0 Å². The van der Waals surface area contributed by atoms with Crippen molar-refractivity contribution < 1.29 is 4.79 Å². The predicted octanol–water partition coefficient (Wildman–Crippen LogP) is 3.56. The molecule has 6 heteroatoms.